The second-order valence-corrected chi connectivity index (χ2v) is 9.66. The van der Waals surface area contributed by atoms with Gasteiger partial charge in [0.2, 0.25) is 0 Å². The molecule has 1 fully saturated rings. The number of fused-ring (bicyclic) bond motifs is 2. The van der Waals surface area contributed by atoms with Crippen LogP contribution in [-0.2, 0) is 19.3 Å². The molecule has 1 aliphatic carbocycles. The predicted octanol–water partition coefficient (Wildman–Crippen LogP) is 3.10. The van der Waals surface area contributed by atoms with Gasteiger partial charge >= 0.3 is 0 Å². The molecule has 1 spiro atoms. The minimum Gasteiger partial charge on any atom is -0.392 e. The molecule has 5 rings (SSSR count). The molecule has 1 aromatic heterocycles. The molecular weight excluding hydrogens is 392 g/mol. The topological polar surface area (TPSA) is 92.6 Å². The van der Waals surface area contributed by atoms with Crippen LogP contribution in [0.3, 0.4) is 0 Å². The summed E-state index contributed by atoms with van der Waals surface area (Å²) in [4.78, 5) is 12.2. The first-order chi connectivity index (χ1) is 14.6. The van der Waals surface area contributed by atoms with Crippen molar-refractivity contribution in [3.63, 3.8) is 0 Å². The second kappa shape index (κ2) is 7.87. The second-order valence-electron chi connectivity index (χ2n) is 8.54. The highest BCUT2D eigenvalue weighted by molar-refractivity contribution is 8.03. The van der Waals surface area contributed by atoms with E-state index in [-0.39, 0.29) is 0 Å². The molecule has 2 aromatic rings. The molecule has 30 heavy (non-hydrogen) atoms. The molecule has 3 heterocycles. The number of hydrogen-bond donors (Lipinski definition) is 3. The molecular formula is C23H28N6S. The lowest BCUT2D eigenvalue weighted by Gasteiger charge is -2.39. The van der Waals surface area contributed by atoms with E-state index in [4.69, 9.17) is 11.5 Å². The van der Waals surface area contributed by atoms with E-state index in [1.54, 1.807) is 6.20 Å². The Morgan fingerprint density at radius 1 is 1.13 bits per heavy atom. The minimum absolute atomic E-state index is 0.404. The maximum Gasteiger partial charge on any atom is 0.195 e. The van der Waals surface area contributed by atoms with Gasteiger partial charge in [0.1, 0.15) is 5.82 Å². The Balaban J connectivity index is 1.20. The van der Waals surface area contributed by atoms with Crippen LogP contribution in [0.2, 0.25) is 0 Å². The van der Waals surface area contributed by atoms with Crippen LogP contribution in [0.1, 0.15) is 29.5 Å². The van der Waals surface area contributed by atoms with E-state index in [1.165, 1.54) is 41.3 Å². The first-order valence-corrected chi connectivity index (χ1v) is 11.4. The molecule has 0 bridgehead atoms. The van der Waals surface area contributed by atoms with Gasteiger partial charge in [-0.1, -0.05) is 36.0 Å². The van der Waals surface area contributed by atoms with E-state index in [0.717, 1.165) is 49.6 Å². The third-order valence-corrected chi connectivity index (χ3v) is 7.57. The van der Waals surface area contributed by atoms with E-state index in [2.05, 4.69) is 44.5 Å². The van der Waals surface area contributed by atoms with Crippen LogP contribution >= 0.6 is 11.8 Å². The number of aliphatic imine (C=N–C) groups is 1. The third-order valence-electron chi connectivity index (χ3n) is 6.63. The Kier molecular flexibility index (Phi) is 5.06. The van der Waals surface area contributed by atoms with Crippen molar-refractivity contribution >= 4 is 23.5 Å². The fourth-order valence-electron chi connectivity index (χ4n) is 4.97. The van der Waals surface area contributed by atoms with Crippen LogP contribution in [-0.4, -0.2) is 35.5 Å². The van der Waals surface area contributed by atoms with Crippen molar-refractivity contribution in [2.24, 2.45) is 21.9 Å². The lowest BCUT2D eigenvalue weighted by molar-refractivity contribution is 0.157. The van der Waals surface area contributed by atoms with Crippen molar-refractivity contribution < 1.29 is 0 Å². The third kappa shape index (κ3) is 3.74. The smallest absolute Gasteiger partial charge is 0.195 e. The molecule has 5 N–H and O–H groups in total. The van der Waals surface area contributed by atoms with Crippen LogP contribution in [0.4, 0.5) is 5.82 Å². The van der Waals surface area contributed by atoms with E-state index >= 15 is 0 Å². The van der Waals surface area contributed by atoms with Crippen molar-refractivity contribution in [2.45, 2.75) is 37.0 Å². The first kappa shape index (κ1) is 19.3. The highest BCUT2D eigenvalue weighted by Gasteiger charge is 2.39. The molecule has 7 heteroatoms. The van der Waals surface area contributed by atoms with Gasteiger partial charge in [0, 0.05) is 36.3 Å². The zero-order valence-electron chi connectivity index (χ0n) is 17.1. The number of nitrogens with two attached hydrogens (primary N) is 2. The average molecular weight is 421 g/mol. The fraction of sp³-hybridized carbons (Fsp3) is 0.391. The van der Waals surface area contributed by atoms with Gasteiger partial charge in [-0.25, -0.2) is 9.98 Å². The van der Waals surface area contributed by atoms with E-state index < -0.39 is 0 Å². The number of hydrogen-bond acceptors (Lipinski definition) is 5. The normalized spacial score (nSPS) is 20.2. The zero-order chi connectivity index (χ0) is 20.6. The molecule has 0 amide bonds. The Bertz CT molecular complexity index is 980. The number of likely N-dealkylation sites (tertiary alicyclic amines) is 1. The minimum atomic E-state index is 0.404. The SMILES string of the molecule is NC(=N/C=C(\N)Sc1ccnc2c1CCN2)N1CCC2(CC1)Cc1ccccc1C2. The Labute approximate surface area is 181 Å². The van der Waals surface area contributed by atoms with Crippen LogP contribution in [0.25, 0.3) is 0 Å². The molecule has 0 saturated carbocycles. The molecule has 0 radical (unpaired) electrons. The number of aromatic nitrogens is 1. The summed E-state index contributed by atoms with van der Waals surface area (Å²) >= 11 is 1.52. The lowest BCUT2D eigenvalue weighted by Crippen LogP contribution is -2.46. The maximum atomic E-state index is 6.30. The predicted molar refractivity (Wildman–Crippen MR) is 123 cm³/mol. The first-order valence-electron chi connectivity index (χ1n) is 10.6. The van der Waals surface area contributed by atoms with Gasteiger partial charge < -0.3 is 21.7 Å². The standard InChI is InChI=1S/C23H28N6S/c24-20(30-19-6-10-27-21-18(19)5-9-26-21)15-28-22(25)29-11-7-23(8-12-29)13-16-3-1-2-4-17(16)14-23/h1-4,6,10,15H,5,7-9,11-14,24H2,(H2,25,28)(H,26,27)/b20-15+. The largest absolute Gasteiger partial charge is 0.392 e. The number of piperidine rings is 1. The highest BCUT2D eigenvalue weighted by atomic mass is 32.2. The van der Waals surface area contributed by atoms with E-state index in [0.29, 0.717) is 16.4 Å². The molecule has 156 valence electrons. The highest BCUT2D eigenvalue weighted by Crippen LogP contribution is 2.44. The summed E-state index contributed by atoms with van der Waals surface area (Å²) in [5, 5.41) is 3.93. The van der Waals surface area contributed by atoms with Crippen LogP contribution < -0.4 is 16.8 Å². The Morgan fingerprint density at radius 3 is 2.60 bits per heavy atom. The molecule has 2 aliphatic heterocycles. The van der Waals surface area contributed by atoms with Gasteiger partial charge in [0.25, 0.3) is 0 Å². The summed E-state index contributed by atoms with van der Waals surface area (Å²) in [6.45, 7) is 2.83. The van der Waals surface area contributed by atoms with Crippen molar-refractivity contribution in [3.05, 3.63) is 64.4 Å². The molecule has 1 aromatic carbocycles. The summed E-state index contributed by atoms with van der Waals surface area (Å²) in [6.07, 6.45) is 9.18. The molecule has 0 atom stereocenters. The van der Waals surface area contributed by atoms with Gasteiger partial charge in [-0.15, -0.1) is 0 Å². The number of anilines is 1. The summed E-state index contributed by atoms with van der Waals surface area (Å²) in [7, 11) is 0. The van der Waals surface area contributed by atoms with Crippen molar-refractivity contribution in [1.82, 2.24) is 9.88 Å². The number of thioether (sulfide) groups is 1. The molecule has 6 nitrogen and oxygen atoms in total. The summed E-state index contributed by atoms with van der Waals surface area (Å²) in [5.74, 6) is 1.53. The quantitative estimate of drug-likeness (QED) is 0.401. The molecule has 3 aliphatic rings. The lowest BCUT2D eigenvalue weighted by atomic mass is 9.76. The number of rotatable bonds is 3. The van der Waals surface area contributed by atoms with Crippen molar-refractivity contribution in [2.75, 3.05) is 25.0 Å². The summed E-state index contributed by atoms with van der Waals surface area (Å²) in [5.41, 5.74) is 17.2. The number of pyridine rings is 1. The zero-order valence-corrected chi connectivity index (χ0v) is 17.9. The number of nitrogens with zero attached hydrogens (tertiary/aromatic N) is 3. The summed E-state index contributed by atoms with van der Waals surface area (Å²) in [6, 6.07) is 10.9. The van der Waals surface area contributed by atoms with Crippen molar-refractivity contribution in [1.29, 1.82) is 0 Å². The monoisotopic (exact) mass is 420 g/mol. The molecule has 1 saturated heterocycles. The molecule has 0 unspecified atom stereocenters. The van der Waals surface area contributed by atoms with Crippen LogP contribution in [0.5, 0.6) is 0 Å². The van der Waals surface area contributed by atoms with Crippen LogP contribution in [0, 0.1) is 5.41 Å². The van der Waals surface area contributed by atoms with Crippen molar-refractivity contribution in [3.8, 4) is 0 Å². The van der Waals surface area contributed by atoms with Gasteiger partial charge in [-0.05, 0) is 54.7 Å². The van der Waals surface area contributed by atoms with E-state index in [1.807, 2.05) is 12.3 Å². The van der Waals surface area contributed by atoms with Gasteiger partial charge in [0.15, 0.2) is 5.96 Å². The fourth-order valence-corrected chi connectivity index (χ4v) is 5.78. The number of nitrogens with one attached hydrogen (secondary N) is 1. The Hall–Kier alpha value is -2.67. The summed E-state index contributed by atoms with van der Waals surface area (Å²) < 4.78 is 0. The average Bonchev–Trinajstić information content (AvgIpc) is 3.37. The number of guanidine groups is 1. The maximum absolute atomic E-state index is 6.30. The van der Waals surface area contributed by atoms with Gasteiger partial charge in [-0.2, -0.15) is 0 Å². The van der Waals surface area contributed by atoms with E-state index in [9.17, 15) is 0 Å². The van der Waals surface area contributed by atoms with Crippen LogP contribution in [0.15, 0.2) is 57.6 Å². The Morgan fingerprint density at radius 2 is 1.87 bits per heavy atom. The number of benzene rings is 1. The van der Waals surface area contributed by atoms with Gasteiger partial charge in [-0.3, -0.25) is 0 Å². The van der Waals surface area contributed by atoms with Gasteiger partial charge in [0.05, 0.1) is 11.2 Å².